The first-order valence-electron chi connectivity index (χ1n) is 6.82. The Kier molecular flexibility index (Phi) is 3.66. The molecule has 21 heavy (non-hydrogen) atoms. The van der Waals surface area contributed by atoms with Crippen molar-refractivity contribution in [1.29, 1.82) is 0 Å². The van der Waals surface area contributed by atoms with Gasteiger partial charge in [0.15, 0.2) is 11.5 Å². The van der Waals surface area contributed by atoms with Gasteiger partial charge in [0.1, 0.15) is 0 Å². The molecule has 1 aromatic carbocycles. The zero-order valence-corrected chi connectivity index (χ0v) is 12.1. The van der Waals surface area contributed by atoms with Crippen molar-refractivity contribution in [2.24, 2.45) is 0 Å². The molecule has 7 heteroatoms. The summed E-state index contributed by atoms with van der Waals surface area (Å²) >= 11 is 0. The molecule has 0 radical (unpaired) electrons. The molecule has 0 amide bonds. The lowest BCUT2D eigenvalue weighted by Gasteiger charge is -2.31. The van der Waals surface area contributed by atoms with Crippen LogP contribution in [-0.2, 0) is 0 Å². The number of hydrogen-bond acceptors (Lipinski definition) is 7. The summed E-state index contributed by atoms with van der Waals surface area (Å²) in [7, 11) is 3.59. The molecule has 0 aliphatic carbocycles. The van der Waals surface area contributed by atoms with Crippen LogP contribution in [0.15, 0.2) is 22.7 Å². The highest BCUT2D eigenvalue weighted by atomic mass is 16.5. The number of rotatable bonds is 3. The zero-order chi connectivity index (χ0) is 14.8. The normalized spacial score (nSPS) is 16.2. The summed E-state index contributed by atoms with van der Waals surface area (Å²) in [5.41, 5.74) is 0.474. The number of aromatic hydroxyl groups is 1. The SMILES string of the molecule is COc1cccc(-c2nc(N3CCN(C)CC3)no2)c1O. The van der Waals surface area contributed by atoms with E-state index in [0.717, 1.165) is 26.2 Å². The third kappa shape index (κ3) is 2.64. The predicted molar refractivity (Wildman–Crippen MR) is 77.7 cm³/mol. The molecular formula is C14H18N4O3. The van der Waals surface area contributed by atoms with Crippen molar-refractivity contribution in [1.82, 2.24) is 15.0 Å². The second-order valence-electron chi connectivity index (χ2n) is 5.05. The van der Waals surface area contributed by atoms with Crippen LogP contribution in [0.1, 0.15) is 0 Å². The van der Waals surface area contributed by atoms with Crippen LogP contribution in [0.5, 0.6) is 11.5 Å². The van der Waals surface area contributed by atoms with Crippen LogP contribution in [0.3, 0.4) is 0 Å². The molecule has 1 saturated heterocycles. The molecule has 2 aromatic rings. The Hall–Kier alpha value is -2.28. The molecule has 112 valence electrons. The van der Waals surface area contributed by atoms with Gasteiger partial charge in [-0.25, -0.2) is 0 Å². The first-order chi connectivity index (χ1) is 10.2. The van der Waals surface area contributed by atoms with E-state index in [1.807, 2.05) is 0 Å². The quantitative estimate of drug-likeness (QED) is 0.910. The number of piperazine rings is 1. The lowest BCUT2D eigenvalue weighted by atomic mass is 10.2. The van der Waals surface area contributed by atoms with Gasteiger partial charge in [0, 0.05) is 26.2 Å². The maximum absolute atomic E-state index is 10.1. The second-order valence-corrected chi connectivity index (χ2v) is 5.05. The van der Waals surface area contributed by atoms with Gasteiger partial charge < -0.3 is 24.2 Å². The van der Waals surface area contributed by atoms with Gasteiger partial charge in [0.25, 0.3) is 11.8 Å². The summed E-state index contributed by atoms with van der Waals surface area (Å²) in [5, 5.41) is 14.1. The number of likely N-dealkylation sites (N-methyl/N-ethyl adjacent to an activating group) is 1. The summed E-state index contributed by atoms with van der Waals surface area (Å²) in [5.74, 6) is 1.24. The molecule has 1 fully saturated rings. The number of ether oxygens (including phenoxy) is 1. The number of methoxy groups -OCH3 is 1. The molecule has 7 nitrogen and oxygen atoms in total. The van der Waals surface area contributed by atoms with Gasteiger partial charge in [0.2, 0.25) is 0 Å². The van der Waals surface area contributed by atoms with E-state index in [1.165, 1.54) is 7.11 Å². The molecule has 0 saturated carbocycles. The minimum atomic E-state index is 0.00794. The molecule has 0 bridgehead atoms. The summed E-state index contributed by atoms with van der Waals surface area (Å²) in [4.78, 5) is 8.71. The monoisotopic (exact) mass is 290 g/mol. The molecule has 2 heterocycles. The first-order valence-corrected chi connectivity index (χ1v) is 6.82. The van der Waals surface area contributed by atoms with Crippen molar-refractivity contribution in [3.63, 3.8) is 0 Å². The minimum Gasteiger partial charge on any atom is -0.504 e. The smallest absolute Gasteiger partial charge is 0.266 e. The van der Waals surface area contributed by atoms with E-state index in [-0.39, 0.29) is 5.75 Å². The van der Waals surface area contributed by atoms with Gasteiger partial charge >= 0.3 is 0 Å². The summed E-state index contributed by atoms with van der Waals surface area (Å²) in [6, 6.07) is 5.17. The number of phenolic OH excluding ortho intramolecular Hbond substituents is 1. The second kappa shape index (κ2) is 5.61. The first kappa shape index (κ1) is 13.7. The van der Waals surface area contributed by atoms with Crippen LogP contribution in [0.2, 0.25) is 0 Å². The van der Waals surface area contributed by atoms with Gasteiger partial charge in [-0.05, 0) is 24.3 Å². The fourth-order valence-electron chi connectivity index (χ4n) is 2.32. The summed E-state index contributed by atoms with van der Waals surface area (Å²) in [6.45, 7) is 3.65. The van der Waals surface area contributed by atoms with Crippen molar-refractivity contribution in [3.05, 3.63) is 18.2 Å². The van der Waals surface area contributed by atoms with Crippen LogP contribution < -0.4 is 9.64 Å². The van der Waals surface area contributed by atoms with Gasteiger partial charge in [0.05, 0.1) is 12.7 Å². The minimum absolute atomic E-state index is 0.00794. The fourth-order valence-corrected chi connectivity index (χ4v) is 2.32. The molecule has 3 rings (SSSR count). The van der Waals surface area contributed by atoms with Crippen molar-refractivity contribution < 1.29 is 14.4 Å². The molecule has 1 aliphatic rings. The van der Waals surface area contributed by atoms with E-state index in [9.17, 15) is 5.11 Å². The Balaban J connectivity index is 1.85. The molecular weight excluding hydrogens is 272 g/mol. The molecule has 1 N–H and O–H groups in total. The molecule has 1 aromatic heterocycles. The van der Waals surface area contributed by atoms with Crippen LogP contribution in [0, 0.1) is 0 Å². The third-order valence-corrected chi connectivity index (χ3v) is 3.65. The van der Waals surface area contributed by atoms with Gasteiger partial charge in [-0.1, -0.05) is 6.07 Å². The van der Waals surface area contributed by atoms with Crippen LogP contribution >= 0.6 is 0 Å². The molecule has 0 atom stereocenters. The lowest BCUT2D eigenvalue weighted by Crippen LogP contribution is -2.44. The highest BCUT2D eigenvalue weighted by Gasteiger charge is 2.21. The van der Waals surface area contributed by atoms with E-state index in [0.29, 0.717) is 23.2 Å². The average molecular weight is 290 g/mol. The maximum Gasteiger partial charge on any atom is 0.266 e. The fraction of sp³-hybridized carbons (Fsp3) is 0.429. The number of benzene rings is 1. The standard InChI is InChI=1S/C14H18N4O3/c1-17-6-8-18(9-7-17)14-15-13(21-16-14)10-4-3-5-11(20-2)12(10)19/h3-5,19H,6-9H2,1-2H3. The van der Waals surface area contributed by atoms with E-state index in [2.05, 4.69) is 27.0 Å². The number of nitrogens with zero attached hydrogens (tertiary/aromatic N) is 4. The maximum atomic E-state index is 10.1. The van der Waals surface area contributed by atoms with Crippen molar-refractivity contribution in [2.45, 2.75) is 0 Å². The largest absolute Gasteiger partial charge is 0.504 e. The van der Waals surface area contributed by atoms with E-state index in [4.69, 9.17) is 9.26 Å². The van der Waals surface area contributed by atoms with Crippen LogP contribution in [0.25, 0.3) is 11.5 Å². The van der Waals surface area contributed by atoms with Crippen LogP contribution in [0.4, 0.5) is 5.95 Å². The molecule has 1 aliphatic heterocycles. The topological polar surface area (TPSA) is 74.9 Å². The Morgan fingerprint density at radius 2 is 2.00 bits per heavy atom. The lowest BCUT2D eigenvalue weighted by molar-refractivity contribution is 0.309. The van der Waals surface area contributed by atoms with Crippen molar-refractivity contribution in [3.8, 4) is 23.0 Å². The Labute approximate surface area is 122 Å². The summed E-state index contributed by atoms with van der Waals surface area (Å²) < 4.78 is 10.4. The van der Waals surface area contributed by atoms with E-state index >= 15 is 0 Å². The van der Waals surface area contributed by atoms with Gasteiger partial charge in [-0.2, -0.15) is 4.98 Å². The Bertz CT molecular complexity index is 620. The van der Waals surface area contributed by atoms with Crippen LogP contribution in [-0.4, -0.2) is 60.5 Å². The van der Waals surface area contributed by atoms with E-state index in [1.54, 1.807) is 18.2 Å². The highest BCUT2D eigenvalue weighted by molar-refractivity contribution is 5.67. The number of anilines is 1. The van der Waals surface area contributed by atoms with Gasteiger partial charge in [-0.15, -0.1) is 0 Å². The zero-order valence-electron chi connectivity index (χ0n) is 12.1. The van der Waals surface area contributed by atoms with Crippen molar-refractivity contribution in [2.75, 3.05) is 45.2 Å². The molecule has 0 spiro atoms. The predicted octanol–water partition coefficient (Wildman–Crippen LogP) is 1.20. The average Bonchev–Trinajstić information content (AvgIpc) is 2.98. The van der Waals surface area contributed by atoms with Gasteiger partial charge in [-0.3, -0.25) is 0 Å². The number of hydrogen-bond donors (Lipinski definition) is 1. The number of para-hydroxylation sites is 1. The summed E-state index contributed by atoms with van der Waals surface area (Å²) in [6.07, 6.45) is 0. The van der Waals surface area contributed by atoms with E-state index < -0.39 is 0 Å². The number of aromatic nitrogens is 2. The highest BCUT2D eigenvalue weighted by Crippen LogP contribution is 2.36. The van der Waals surface area contributed by atoms with Crippen molar-refractivity contribution >= 4 is 5.95 Å². The third-order valence-electron chi connectivity index (χ3n) is 3.65. The Morgan fingerprint density at radius 1 is 1.24 bits per heavy atom. The Morgan fingerprint density at radius 3 is 2.71 bits per heavy atom. The molecule has 0 unspecified atom stereocenters. The number of phenols is 1.